The molecule has 1 aromatic rings. The zero-order valence-electron chi connectivity index (χ0n) is 13.8. The van der Waals surface area contributed by atoms with E-state index in [1.807, 2.05) is 9.80 Å². The first kappa shape index (κ1) is 16.1. The number of amides is 1. The molecule has 0 bridgehead atoms. The van der Waals surface area contributed by atoms with E-state index in [1.165, 1.54) is 16.9 Å². The van der Waals surface area contributed by atoms with Gasteiger partial charge in [0.25, 0.3) is 0 Å². The van der Waals surface area contributed by atoms with Gasteiger partial charge in [-0.15, -0.1) is 11.3 Å². The van der Waals surface area contributed by atoms with Crippen molar-refractivity contribution in [3.63, 3.8) is 0 Å². The van der Waals surface area contributed by atoms with Gasteiger partial charge in [-0.1, -0.05) is 12.8 Å². The molecule has 0 spiro atoms. The second-order valence-electron chi connectivity index (χ2n) is 7.31. The summed E-state index contributed by atoms with van der Waals surface area (Å²) in [5.41, 5.74) is 1.26. The zero-order chi connectivity index (χ0) is 16.7. The first-order valence-electron chi connectivity index (χ1n) is 8.95. The van der Waals surface area contributed by atoms with E-state index in [-0.39, 0.29) is 18.5 Å². The van der Waals surface area contributed by atoms with Crippen LogP contribution in [0.25, 0.3) is 0 Å². The van der Waals surface area contributed by atoms with Gasteiger partial charge in [-0.25, -0.2) is 0 Å². The lowest BCUT2D eigenvalue weighted by Gasteiger charge is -2.35. The van der Waals surface area contributed by atoms with Crippen molar-refractivity contribution in [3.05, 3.63) is 21.9 Å². The Kier molecular flexibility index (Phi) is 4.35. The van der Waals surface area contributed by atoms with E-state index >= 15 is 0 Å². The summed E-state index contributed by atoms with van der Waals surface area (Å²) < 4.78 is 0. The molecule has 130 valence electrons. The van der Waals surface area contributed by atoms with E-state index in [2.05, 4.69) is 11.4 Å². The quantitative estimate of drug-likeness (QED) is 0.911. The molecule has 1 amide bonds. The highest BCUT2D eigenvalue weighted by Crippen LogP contribution is 2.39. The maximum Gasteiger partial charge on any atom is 0.320 e. The molecule has 3 unspecified atom stereocenters. The number of carboxylic acid groups (broad SMARTS) is 1. The van der Waals surface area contributed by atoms with E-state index in [0.717, 1.165) is 32.2 Å². The third-order valence-corrected chi connectivity index (χ3v) is 7.01. The first-order valence-corrected chi connectivity index (χ1v) is 9.83. The number of rotatable bonds is 3. The molecular weight excluding hydrogens is 324 g/mol. The van der Waals surface area contributed by atoms with E-state index < -0.39 is 12.0 Å². The number of likely N-dealkylation sites (tertiary alicyclic amines) is 1. The molecule has 0 aromatic carbocycles. The normalized spacial score (nSPS) is 30.0. The van der Waals surface area contributed by atoms with Gasteiger partial charge in [0, 0.05) is 24.0 Å². The lowest BCUT2D eigenvalue weighted by molar-refractivity contribution is -0.144. The summed E-state index contributed by atoms with van der Waals surface area (Å²) in [5, 5.41) is 11.7. The standard InChI is InChI=1S/C18H24N2O3S/c21-17(19-7-5-16-13(10-19)6-8-24-16)11-20-14-4-2-1-3-12(14)9-15(20)18(22)23/h6,8,12,14-15H,1-5,7,9-11H2,(H,22,23). The highest BCUT2D eigenvalue weighted by molar-refractivity contribution is 7.10. The van der Waals surface area contributed by atoms with E-state index in [9.17, 15) is 14.7 Å². The van der Waals surface area contributed by atoms with Crippen molar-refractivity contribution in [2.45, 2.75) is 57.2 Å². The van der Waals surface area contributed by atoms with Crippen LogP contribution in [0.15, 0.2) is 11.4 Å². The minimum Gasteiger partial charge on any atom is -0.480 e. The molecule has 3 aliphatic rings. The number of carbonyl (C=O) groups excluding carboxylic acids is 1. The average molecular weight is 348 g/mol. The highest BCUT2D eigenvalue weighted by Gasteiger charge is 2.46. The minimum atomic E-state index is -0.768. The van der Waals surface area contributed by atoms with Gasteiger partial charge in [0.1, 0.15) is 6.04 Å². The highest BCUT2D eigenvalue weighted by atomic mass is 32.1. The molecule has 3 heterocycles. The van der Waals surface area contributed by atoms with E-state index in [0.29, 0.717) is 18.9 Å². The van der Waals surface area contributed by atoms with Gasteiger partial charge in [-0.3, -0.25) is 14.5 Å². The van der Waals surface area contributed by atoms with Crippen LogP contribution in [0, 0.1) is 5.92 Å². The number of nitrogens with zero attached hydrogens (tertiary/aromatic N) is 2. The molecule has 1 aromatic heterocycles. The maximum atomic E-state index is 12.8. The summed E-state index contributed by atoms with van der Waals surface area (Å²) in [4.78, 5) is 29.8. The van der Waals surface area contributed by atoms with Gasteiger partial charge in [0.15, 0.2) is 0 Å². The van der Waals surface area contributed by atoms with Gasteiger partial charge in [-0.2, -0.15) is 0 Å². The number of carbonyl (C=O) groups is 2. The predicted molar refractivity (Wildman–Crippen MR) is 91.9 cm³/mol. The van der Waals surface area contributed by atoms with Crippen LogP contribution in [0.2, 0.25) is 0 Å². The van der Waals surface area contributed by atoms with Crippen LogP contribution in [-0.4, -0.2) is 52.0 Å². The predicted octanol–water partition coefficient (Wildman–Crippen LogP) is 2.35. The topological polar surface area (TPSA) is 60.9 Å². The summed E-state index contributed by atoms with van der Waals surface area (Å²) in [7, 11) is 0. The average Bonchev–Trinajstić information content (AvgIpc) is 3.19. The molecular formula is C18H24N2O3S. The zero-order valence-corrected chi connectivity index (χ0v) is 14.6. The number of thiophene rings is 1. The lowest BCUT2D eigenvalue weighted by Crippen LogP contribution is -2.49. The molecule has 24 heavy (non-hydrogen) atoms. The van der Waals surface area contributed by atoms with Crippen molar-refractivity contribution < 1.29 is 14.7 Å². The minimum absolute atomic E-state index is 0.0873. The van der Waals surface area contributed by atoms with Crippen molar-refractivity contribution in [2.75, 3.05) is 13.1 Å². The van der Waals surface area contributed by atoms with Gasteiger partial charge >= 0.3 is 5.97 Å². The molecule has 6 heteroatoms. The Morgan fingerprint density at radius 3 is 2.96 bits per heavy atom. The Hall–Kier alpha value is -1.40. The molecule has 1 N–H and O–H groups in total. The molecule has 5 nitrogen and oxygen atoms in total. The third-order valence-electron chi connectivity index (χ3n) is 5.98. The van der Waals surface area contributed by atoms with Crippen LogP contribution in [0.3, 0.4) is 0 Å². The van der Waals surface area contributed by atoms with Gasteiger partial charge in [-0.05, 0) is 48.6 Å². The Morgan fingerprint density at radius 2 is 2.12 bits per heavy atom. The molecule has 2 aliphatic heterocycles. The van der Waals surface area contributed by atoms with Gasteiger partial charge in [0.05, 0.1) is 6.54 Å². The maximum absolute atomic E-state index is 12.8. The Bertz CT molecular complexity index is 644. The largest absolute Gasteiger partial charge is 0.480 e. The summed E-state index contributed by atoms with van der Waals surface area (Å²) in [6, 6.07) is 1.90. The molecule has 3 atom stereocenters. The first-order chi connectivity index (χ1) is 11.6. The van der Waals surface area contributed by atoms with E-state index in [1.54, 1.807) is 11.3 Å². The number of fused-ring (bicyclic) bond motifs is 2. The van der Waals surface area contributed by atoms with Crippen LogP contribution in [0.1, 0.15) is 42.5 Å². The summed E-state index contributed by atoms with van der Waals surface area (Å²) in [5.74, 6) is -0.224. The fourth-order valence-electron chi connectivity index (χ4n) is 4.74. The number of aliphatic carboxylic acids is 1. The lowest BCUT2D eigenvalue weighted by atomic mass is 9.85. The van der Waals surface area contributed by atoms with Crippen LogP contribution in [-0.2, 0) is 22.6 Å². The monoisotopic (exact) mass is 348 g/mol. The van der Waals surface area contributed by atoms with Gasteiger partial charge < -0.3 is 10.0 Å². The fraction of sp³-hybridized carbons (Fsp3) is 0.667. The van der Waals surface area contributed by atoms with Gasteiger partial charge in [0.2, 0.25) is 5.91 Å². The molecule has 0 radical (unpaired) electrons. The molecule has 1 aliphatic carbocycles. The second kappa shape index (κ2) is 6.48. The van der Waals surface area contributed by atoms with Crippen molar-refractivity contribution in [1.29, 1.82) is 0 Å². The van der Waals surface area contributed by atoms with E-state index in [4.69, 9.17) is 0 Å². The Morgan fingerprint density at radius 1 is 1.29 bits per heavy atom. The SMILES string of the molecule is O=C(O)C1CC2CCCCC2N1CC(=O)N1CCc2sccc2C1. The third kappa shape index (κ3) is 2.86. The Labute approximate surface area is 146 Å². The van der Waals surface area contributed by atoms with Crippen molar-refractivity contribution in [1.82, 2.24) is 9.80 Å². The molecule has 1 saturated carbocycles. The van der Waals surface area contributed by atoms with Crippen molar-refractivity contribution in [3.8, 4) is 0 Å². The summed E-state index contributed by atoms with van der Waals surface area (Å²) in [6.45, 7) is 1.70. The summed E-state index contributed by atoms with van der Waals surface area (Å²) in [6.07, 6.45) is 6.13. The summed E-state index contributed by atoms with van der Waals surface area (Å²) >= 11 is 1.77. The van der Waals surface area contributed by atoms with Crippen molar-refractivity contribution >= 4 is 23.2 Å². The smallest absolute Gasteiger partial charge is 0.320 e. The fourth-order valence-corrected chi connectivity index (χ4v) is 5.63. The molecule has 2 fully saturated rings. The van der Waals surface area contributed by atoms with Crippen LogP contribution < -0.4 is 0 Å². The number of hydrogen-bond donors (Lipinski definition) is 1. The van der Waals surface area contributed by atoms with Crippen LogP contribution in [0.5, 0.6) is 0 Å². The van der Waals surface area contributed by atoms with Crippen LogP contribution >= 0.6 is 11.3 Å². The molecule has 4 rings (SSSR count). The number of hydrogen-bond acceptors (Lipinski definition) is 4. The molecule has 1 saturated heterocycles. The Balaban J connectivity index is 1.46. The second-order valence-corrected chi connectivity index (χ2v) is 8.31. The van der Waals surface area contributed by atoms with Crippen molar-refractivity contribution in [2.24, 2.45) is 5.92 Å². The van der Waals surface area contributed by atoms with Crippen LogP contribution in [0.4, 0.5) is 0 Å². The number of carboxylic acids is 1.